The van der Waals surface area contributed by atoms with Gasteiger partial charge in [-0.1, -0.05) is 0 Å². The normalized spacial score (nSPS) is 13.1. The summed E-state index contributed by atoms with van der Waals surface area (Å²) in [6.45, 7) is 7.49. The molecule has 1 atom stereocenters. The third-order valence-corrected chi connectivity index (χ3v) is 3.29. The van der Waals surface area contributed by atoms with Gasteiger partial charge in [0, 0.05) is 29.4 Å². The monoisotopic (exact) mass is 238 g/mol. The number of aliphatic hydroxyl groups is 1. The van der Waals surface area contributed by atoms with Gasteiger partial charge in [0.1, 0.15) is 6.07 Å². The zero-order valence-electron chi connectivity index (χ0n) is 9.97. The van der Waals surface area contributed by atoms with Crippen molar-refractivity contribution in [1.29, 1.82) is 5.26 Å². The Morgan fingerprint density at radius 3 is 2.62 bits per heavy atom. The Labute approximate surface area is 101 Å². The van der Waals surface area contributed by atoms with Gasteiger partial charge in [-0.15, -0.1) is 11.3 Å². The minimum Gasteiger partial charge on any atom is -0.392 e. The van der Waals surface area contributed by atoms with Crippen LogP contribution < -0.4 is 0 Å². The molecule has 16 heavy (non-hydrogen) atoms. The van der Waals surface area contributed by atoms with E-state index < -0.39 is 0 Å². The van der Waals surface area contributed by atoms with E-state index in [-0.39, 0.29) is 6.10 Å². The van der Waals surface area contributed by atoms with Crippen LogP contribution in [0.2, 0.25) is 0 Å². The number of hydrogen-bond donors (Lipinski definition) is 1. The second-order valence-corrected chi connectivity index (χ2v) is 5.28. The van der Waals surface area contributed by atoms with Gasteiger partial charge in [-0.2, -0.15) is 5.26 Å². The first-order valence-electron chi connectivity index (χ1n) is 5.42. The Morgan fingerprint density at radius 1 is 1.50 bits per heavy atom. The third kappa shape index (κ3) is 3.93. The lowest BCUT2D eigenvalue weighted by atomic mass is 10.2. The minimum absolute atomic E-state index is 0.321. The summed E-state index contributed by atoms with van der Waals surface area (Å²) in [6.07, 6.45) is -0.321. The van der Waals surface area contributed by atoms with Crippen LogP contribution in [0.3, 0.4) is 0 Å². The van der Waals surface area contributed by atoms with Gasteiger partial charge in [-0.05, 0) is 26.8 Å². The molecule has 0 amide bonds. The fourth-order valence-corrected chi connectivity index (χ4v) is 2.35. The van der Waals surface area contributed by atoms with Crippen molar-refractivity contribution < 1.29 is 5.11 Å². The molecule has 0 aliphatic rings. The van der Waals surface area contributed by atoms with Crippen molar-refractivity contribution in [2.45, 2.75) is 39.5 Å². The van der Waals surface area contributed by atoms with Crippen molar-refractivity contribution in [3.05, 3.63) is 21.9 Å². The number of nitrogens with zero attached hydrogens (tertiary/aromatic N) is 2. The molecular weight excluding hydrogens is 220 g/mol. The Kier molecular flexibility index (Phi) is 4.94. The molecule has 1 rings (SSSR count). The summed E-state index contributed by atoms with van der Waals surface area (Å²) < 4.78 is 0. The standard InChI is InChI=1S/C12H18N2OS/c1-9(2)14(6-10(3)15)7-12-4-11(5-13)8-16-12/h4,8-10,15H,6-7H2,1-3H3. The van der Waals surface area contributed by atoms with Gasteiger partial charge in [-0.25, -0.2) is 0 Å². The molecule has 0 bridgehead atoms. The van der Waals surface area contributed by atoms with E-state index in [9.17, 15) is 5.11 Å². The maximum atomic E-state index is 9.41. The van der Waals surface area contributed by atoms with E-state index in [0.717, 1.165) is 12.1 Å². The average molecular weight is 238 g/mol. The largest absolute Gasteiger partial charge is 0.392 e. The topological polar surface area (TPSA) is 47.3 Å². The van der Waals surface area contributed by atoms with Crippen LogP contribution in [0.25, 0.3) is 0 Å². The highest BCUT2D eigenvalue weighted by molar-refractivity contribution is 7.10. The van der Waals surface area contributed by atoms with E-state index >= 15 is 0 Å². The summed E-state index contributed by atoms with van der Waals surface area (Å²) in [7, 11) is 0. The summed E-state index contributed by atoms with van der Waals surface area (Å²) in [5.74, 6) is 0. The first-order valence-corrected chi connectivity index (χ1v) is 6.30. The fraction of sp³-hybridized carbons (Fsp3) is 0.583. The summed E-state index contributed by atoms with van der Waals surface area (Å²) >= 11 is 1.60. The molecule has 0 fully saturated rings. The first-order chi connectivity index (χ1) is 7.52. The second-order valence-electron chi connectivity index (χ2n) is 4.29. The molecule has 0 spiro atoms. The van der Waals surface area contributed by atoms with Crippen molar-refractivity contribution in [2.75, 3.05) is 6.54 Å². The number of thiophene rings is 1. The van der Waals surface area contributed by atoms with Gasteiger partial charge in [0.2, 0.25) is 0 Å². The van der Waals surface area contributed by atoms with E-state index in [2.05, 4.69) is 24.8 Å². The molecule has 1 heterocycles. The molecular formula is C12H18N2OS. The van der Waals surface area contributed by atoms with Crippen molar-refractivity contribution in [3.63, 3.8) is 0 Å². The van der Waals surface area contributed by atoms with E-state index in [4.69, 9.17) is 5.26 Å². The van der Waals surface area contributed by atoms with Crippen molar-refractivity contribution in [3.8, 4) is 6.07 Å². The van der Waals surface area contributed by atoms with Gasteiger partial charge in [0.05, 0.1) is 11.7 Å². The molecule has 3 nitrogen and oxygen atoms in total. The highest BCUT2D eigenvalue weighted by Gasteiger charge is 2.13. The fourth-order valence-electron chi connectivity index (χ4n) is 1.52. The highest BCUT2D eigenvalue weighted by atomic mass is 32.1. The van der Waals surface area contributed by atoms with Crippen molar-refractivity contribution in [1.82, 2.24) is 4.90 Å². The SMILES string of the molecule is CC(O)CN(Cc1cc(C#N)cs1)C(C)C. The molecule has 1 unspecified atom stereocenters. The first kappa shape index (κ1) is 13.2. The maximum absolute atomic E-state index is 9.41. The summed E-state index contributed by atoms with van der Waals surface area (Å²) in [5.41, 5.74) is 0.723. The molecule has 0 aliphatic carbocycles. The Hall–Kier alpha value is -0.890. The molecule has 1 aromatic rings. The van der Waals surface area contributed by atoms with E-state index in [0.29, 0.717) is 12.6 Å². The van der Waals surface area contributed by atoms with Crippen molar-refractivity contribution in [2.24, 2.45) is 0 Å². The molecule has 0 aliphatic heterocycles. The smallest absolute Gasteiger partial charge is 0.100 e. The van der Waals surface area contributed by atoms with Crippen molar-refractivity contribution >= 4 is 11.3 Å². The predicted molar refractivity (Wildman–Crippen MR) is 66.3 cm³/mol. The Balaban J connectivity index is 2.64. The van der Waals surface area contributed by atoms with Crippen LogP contribution in [0.4, 0.5) is 0 Å². The quantitative estimate of drug-likeness (QED) is 0.855. The van der Waals surface area contributed by atoms with Gasteiger partial charge < -0.3 is 5.11 Å². The lowest BCUT2D eigenvalue weighted by Crippen LogP contribution is -2.35. The third-order valence-electron chi connectivity index (χ3n) is 2.37. The Morgan fingerprint density at radius 2 is 2.19 bits per heavy atom. The summed E-state index contributed by atoms with van der Waals surface area (Å²) in [4.78, 5) is 3.38. The zero-order valence-corrected chi connectivity index (χ0v) is 10.8. The molecule has 0 radical (unpaired) electrons. The lowest BCUT2D eigenvalue weighted by Gasteiger charge is -2.27. The maximum Gasteiger partial charge on any atom is 0.100 e. The van der Waals surface area contributed by atoms with Crippen LogP contribution in [-0.2, 0) is 6.54 Å². The summed E-state index contributed by atoms with van der Waals surface area (Å²) in [6, 6.07) is 4.44. The van der Waals surface area contributed by atoms with Gasteiger partial charge in [-0.3, -0.25) is 4.90 Å². The molecule has 0 aromatic carbocycles. The molecule has 1 aromatic heterocycles. The van der Waals surface area contributed by atoms with E-state index in [1.807, 2.05) is 11.4 Å². The molecule has 0 saturated heterocycles. The van der Waals surface area contributed by atoms with E-state index in [1.165, 1.54) is 4.88 Å². The van der Waals surface area contributed by atoms with Crippen LogP contribution in [-0.4, -0.2) is 28.7 Å². The molecule has 0 saturated carbocycles. The molecule has 88 valence electrons. The molecule has 1 N–H and O–H groups in total. The van der Waals surface area contributed by atoms with Crippen LogP contribution in [0.5, 0.6) is 0 Å². The van der Waals surface area contributed by atoms with Gasteiger partial charge >= 0.3 is 0 Å². The highest BCUT2D eigenvalue weighted by Crippen LogP contribution is 2.17. The lowest BCUT2D eigenvalue weighted by molar-refractivity contribution is 0.103. The number of rotatable bonds is 5. The van der Waals surface area contributed by atoms with Crippen LogP contribution in [0.15, 0.2) is 11.4 Å². The number of aliphatic hydroxyl groups excluding tert-OH is 1. The predicted octanol–water partition coefficient (Wildman–Crippen LogP) is 2.21. The van der Waals surface area contributed by atoms with Crippen LogP contribution >= 0.6 is 11.3 Å². The molecule has 4 heteroatoms. The number of hydrogen-bond acceptors (Lipinski definition) is 4. The second kappa shape index (κ2) is 6.00. The average Bonchev–Trinajstić information content (AvgIpc) is 2.63. The van der Waals surface area contributed by atoms with Gasteiger partial charge in [0.25, 0.3) is 0 Å². The Bertz CT molecular complexity index is 365. The van der Waals surface area contributed by atoms with Crippen LogP contribution in [0, 0.1) is 11.3 Å². The van der Waals surface area contributed by atoms with Crippen LogP contribution in [0.1, 0.15) is 31.2 Å². The van der Waals surface area contributed by atoms with E-state index in [1.54, 1.807) is 18.3 Å². The minimum atomic E-state index is -0.321. The summed E-state index contributed by atoms with van der Waals surface area (Å²) in [5, 5.41) is 20.0. The zero-order chi connectivity index (χ0) is 12.1. The number of nitriles is 1. The van der Waals surface area contributed by atoms with Gasteiger partial charge in [0.15, 0.2) is 0 Å².